The Morgan fingerprint density at radius 2 is 1.02 bits per heavy atom. The van der Waals surface area contributed by atoms with Gasteiger partial charge in [-0.1, -0.05) is 96.1 Å². The van der Waals surface area contributed by atoms with Crippen molar-refractivity contribution in [1.29, 1.82) is 0 Å². The number of rotatable bonds is 7. The zero-order valence-electron chi connectivity index (χ0n) is 24.1. The lowest BCUT2D eigenvalue weighted by Crippen LogP contribution is -2.41. The van der Waals surface area contributed by atoms with Crippen molar-refractivity contribution >= 4 is 11.8 Å². The first-order chi connectivity index (χ1) is 18.9. The van der Waals surface area contributed by atoms with Crippen molar-refractivity contribution in [2.45, 2.75) is 58.5 Å². The minimum atomic E-state index is -0.788. The second-order valence-corrected chi connectivity index (χ2v) is 12.0. The van der Waals surface area contributed by atoms with Gasteiger partial charge in [0, 0.05) is 11.1 Å². The summed E-state index contributed by atoms with van der Waals surface area (Å²) in [7, 11) is 0. The quantitative estimate of drug-likeness (QED) is 0.237. The van der Waals surface area contributed by atoms with E-state index < -0.39 is 6.17 Å². The predicted octanol–water partition coefficient (Wildman–Crippen LogP) is 7.93. The molecule has 40 heavy (non-hydrogen) atoms. The van der Waals surface area contributed by atoms with Crippen molar-refractivity contribution in [2.75, 3.05) is 0 Å². The number of nitrogens with one attached hydrogen (secondary N) is 2. The highest BCUT2D eigenvalue weighted by molar-refractivity contribution is 5.97. The van der Waals surface area contributed by atoms with E-state index in [1.165, 1.54) is 0 Å². The van der Waals surface area contributed by atoms with Gasteiger partial charge in [-0.15, -0.1) is 0 Å². The van der Waals surface area contributed by atoms with Crippen molar-refractivity contribution < 1.29 is 14.3 Å². The maximum atomic E-state index is 13.3. The van der Waals surface area contributed by atoms with Gasteiger partial charge in [0.2, 0.25) is 0 Å². The summed E-state index contributed by atoms with van der Waals surface area (Å²) in [6.07, 6.45) is -0.788. The Kier molecular flexibility index (Phi) is 8.43. The average Bonchev–Trinajstić information content (AvgIpc) is 2.92. The van der Waals surface area contributed by atoms with Crippen molar-refractivity contribution in [3.05, 3.63) is 131 Å². The second-order valence-electron chi connectivity index (χ2n) is 12.0. The van der Waals surface area contributed by atoms with E-state index in [4.69, 9.17) is 4.74 Å². The summed E-state index contributed by atoms with van der Waals surface area (Å²) in [5, 5.41) is 6.02. The lowest BCUT2D eigenvalue weighted by molar-refractivity contribution is 0.0883. The Bertz CT molecular complexity index is 1370. The SMILES string of the molecule is CC(C)(C)c1ccc(C(=O)NC(NC(=O)c2ccc(C(C)(C)C)cc2)c2cccc(Oc3ccccc3)c2)cc1. The Morgan fingerprint density at radius 1 is 0.575 bits per heavy atom. The number of para-hydroxylation sites is 1. The molecule has 5 nitrogen and oxygen atoms in total. The van der Waals surface area contributed by atoms with Gasteiger partial charge >= 0.3 is 0 Å². The molecule has 0 fully saturated rings. The van der Waals surface area contributed by atoms with Crippen molar-refractivity contribution in [2.24, 2.45) is 0 Å². The van der Waals surface area contributed by atoms with E-state index in [9.17, 15) is 9.59 Å². The molecule has 2 N–H and O–H groups in total. The number of carbonyl (C=O) groups is 2. The molecule has 5 heteroatoms. The lowest BCUT2D eigenvalue weighted by atomic mass is 9.86. The van der Waals surface area contributed by atoms with E-state index in [-0.39, 0.29) is 22.6 Å². The van der Waals surface area contributed by atoms with Crippen LogP contribution in [0.25, 0.3) is 0 Å². The van der Waals surface area contributed by atoms with Crippen LogP contribution in [0, 0.1) is 0 Å². The number of carbonyl (C=O) groups excluding carboxylic acids is 2. The molecule has 4 aromatic rings. The number of amides is 2. The largest absolute Gasteiger partial charge is 0.457 e. The maximum Gasteiger partial charge on any atom is 0.253 e. The Balaban J connectivity index is 1.60. The monoisotopic (exact) mass is 534 g/mol. The fourth-order valence-corrected chi connectivity index (χ4v) is 4.26. The molecule has 0 atom stereocenters. The molecular weight excluding hydrogens is 496 g/mol. The molecule has 0 saturated carbocycles. The highest BCUT2D eigenvalue weighted by Crippen LogP contribution is 2.26. The lowest BCUT2D eigenvalue weighted by Gasteiger charge is -2.23. The second kappa shape index (κ2) is 11.8. The first-order valence-electron chi connectivity index (χ1n) is 13.6. The molecular formula is C35H38N2O3. The molecule has 4 aromatic carbocycles. The van der Waals surface area contributed by atoms with Crippen LogP contribution in [-0.4, -0.2) is 11.8 Å². The molecule has 0 bridgehead atoms. The Morgan fingerprint density at radius 3 is 1.48 bits per heavy atom. The summed E-state index contributed by atoms with van der Waals surface area (Å²) in [4.78, 5) is 26.7. The average molecular weight is 535 g/mol. The van der Waals surface area contributed by atoms with E-state index in [1.54, 1.807) is 0 Å². The van der Waals surface area contributed by atoms with Gasteiger partial charge in [0.25, 0.3) is 11.8 Å². The van der Waals surface area contributed by atoms with Crippen molar-refractivity contribution in [3.8, 4) is 11.5 Å². The number of benzene rings is 4. The molecule has 0 unspecified atom stereocenters. The van der Waals surface area contributed by atoms with Crippen LogP contribution in [0.2, 0.25) is 0 Å². The molecule has 206 valence electrons. The molecule has 0 saturated heterocycles. The molecule has 4 rings (SSSR count). The molecule has 0 spiro atoms. The van der Waals surface area contributed by atoms with Gasteiger partial charge in [-0.25, -0.2) is 0 Å². The van der Waals surface area contributed by atoms with Gasteiger partial charge in [0.05, 0.1) is 0 Å². The molecule has 0 aliphatic carbocycles. The molecule has 2 amide bonds. The fourth-order valence-electron chi connectivity index (χ4n) is 4.26. The van der Waals surface area contributed by atoms with E-state index in [0.29, 0.717) is 28.2 Å². The zero-order valence-corrected chi connectivity index (χ0v) is 24.1. The van der Waals surface area contributed by atoms with Gasteiger partial charge in [-0.05, 0) is 76.1 Å². The third-order valence-corrected chi connectivity index (χ3v) is 6.75. The summed E-state index contributed by atoms with van der Waals surface area (Å²) >= 11 is 0. The van der Waals surface area contributed by atoms with Crippen molar-refractivity contribution in [3.63, 3.8) is 0 Å². The third kappa shape index (κ3) is 7.38. The van der Waals surface area contributed by atoms with Crippen LogP contribution in [0.4, 0.5) is 0 Å². The first kappa shape index (κ1) is 28.6. The third-order valence-electron chi connectivity index (χ3n) is 6.75. The molecule has 0 radical (unpaired) electrons. The van der Waals surface area contributed by atoms with Crippen LogP contribution in [0.1, 0.15) is 85.1 Å². The highest BCUT2D eigenvalue weighted by atomic mass is 16.5. The number of ether oxygens (including phenoxy) is 1. The minimum Gasteiger partial charge on any atom is -0.457 e. The molecule has 0 heterocycles. The van der Waals surface area contributed by atoms with Crippen LogP contribution < -0.4 is 15.4 Å². The molecule has 0 aromatic heterocycles. The van der Waals surface area contributed by atoms with Crippen LogP contribution in [0.3, 0.4) is 0 Å². The fraction of sp³-hybridized carbons (Fsp3) is 0.257. The Labute approximate surface area is 237 Å². The van der Waals surface area contributed by atoms with E-state index >= 15 is 0 Å². The number of hydrogen-bond acceptors (Lipinski definition) is 3. The minimum absolute atomic E-state index is 0.0206. The summed E-state index contributed by atoms with van der Waals surface area (Å²) < 4.78 is 6.01. The summed E-state index contributed by atoms with van der Waals surface area (Å²) in [6, 6.07) is 32.0. The van der Waals surface area contributed by atoms with Gasteiger partial charge < -0.3 is 15.4 Å². The summed E-state index contributed by atoms with van der Waals surface area (Å²) in [5.41, 5.74) is 3.95. The Hall–Kier alpha value is -4.38. The van der Waals surface area contributed by atoms with Crippen LogP contribution in [-0.2, 0) is 10.8 Å². The van der Waals surface area contributed by atoms with Crippen LogP contribution in [0.5, 0.6) is 11.5 Å². The summed E-state index contributed by atoms with van der Waals surface area (Å²) in [6.45, 7) is 12.8. The van der Waals surface area contributed by atoms with Gasteiger partial charge in [0.15, 0.2) is 0 Å². The van der Waals surface area contributed by atoms with Gasteiger partial charge in [-0.3, -0.25) is 9.59 Å². The van der Waals surface area contributed by atoms with E-state index in [1.807, 2.05) is 103 Å². The standard InChI is InChI=1S/C35H38N2O3/c1-34(2,3)27-19-15-24(16-20-27)32(38)36-31(37-33(39)25-17-21-28(22-18-25)35(4,5)6)26-11-10-14-30(23-26)40-29-12-8-7-9-13-29/h7-23,31H,1-6H3,(H,36,38)(H,37,39). The zero-order chi connectivity index (χ0) is 28.9. The molecule has 0 aliphatic rings. The first-order valence-corrected chi connectivity index (χ1v) is 13.6. The van der Waals surface area contributed by atoms with E-state index in [0.717, 1.165) is 11.1 Å². The number of hydrogen-bond donors (Lipinski definition) is 2. The van der Waals surface area contributed by atoms with Crippen LogP contribution >= 0.6 is 0 Å². The smallest absolute Gasteiger partial charge is 0.253 e. The van der Waals surface area contributed by atoms with Gasteiger partial charge in [-0.2, -0.15) is 0 Å². The van der Waals surface area contributed by atoms with E-state index in [2.05, 4.69) is 52.2 Å². The van der Waals surface area contributed by atoms with Crippen molar-refractivity contribution in [1.82, 2.24) is 10.6 Å². The maximum absolute atomic E-state index is 13.3. The topological polar surface area (TPSA) is 67.4 Å². The normalized spacial score (nSPS) is 11.7. The highest BCUT2D eigenvalue weighted by Gasteiger charge is 2.21. The predicted molar refractivity (Wildman–Crippen MR) is 161 cm³/mol. The molecule has 0 aliphatic heterocycles. The van der Waals surface area contributed by atoms with Crippen LogP contribution in [0.15, 0.2) is 103 Å². The van der Waals surface area contributed by atoms with Gasteiger partial charge in [0.1, 0.15) is 17.7 Å². The summed E-state index contributed by atoms with van der Waals surface area (Å²) in [5.74, 6) is 0.717.